The fourth-order valence-electron chi connectivity index (χ4n) is 4.02. The van der Waals surface area contributed by atoms with Crippen LogP contribution in [0.1, 0.15) is 26.3 Å². The van der Waals surface area contributed by atoms with Crippen LogP contribution < -0.4 is 24.4 Å². The molecule has 1 heterocycles. The number of methoxy groups -OCH3 is 3. The van der Waals surface area contributed by atoms with Gasteiger partial charge in [0.2, 0.25) is 5.75 Å². The zero-order chi connectivity index (χ0) is 24.8. The maximum absolute atomic E-state index is 13.3. The zero-order valence-electron chi connectivity index (χ0n) is 20.0. The average molecular weight is 477 g/mol. The largest absolute Gasteiger partial charge is 0.493 e. The molecule has 0 radical (unpaired) electrons. The zero-order valence-corrected chi connectivity index (χ0v) is 20.0. The predicted octanol–water partition coefficient (Wildman–Crippen LogP) is 4.03. The number of hydrogen-bond acceptors (Lipinski definition) is 7. The van der Waals surface area contributed by atoms with Crippen molar-refractivity contribution < 1.29 is 28.5 Å². The van der Waals surface area contributed by atoms with Gasteiger partial charge >= 0.3 is 0 Å². The van der Waals surface area contributed by atoms with Crippen molar-refractivity contribution in [3.63, 3.8) is 0 Å². The van der Waals surface area contributed by atoms with E-state index in [0.717, 1.165) is 5.69 Å². The van der Waals surface area contributed by atoms with Gasteiger partial charge in [0.05, 0.1) is 45.9 Å². The highest BCUT2D eigenvalue weighted by Gasteiger charge is 2.21. The summed E-state index contributed by atoms with van der Waals surface area (Å²) in [6.07, 6.45) is 0. The first-order valence-electron chi connectivity index (χ1n) is 11.2. The highest BCUT2D eigenvalue weighted by Crippen LogP contribution is 2.38. The summed E-state index contributed by atoms with van der Waals surface area (Å²) in [6.45, 7) is 2.54. The minimum absolute atomic E-state index is 0.123. The summed E-state index contributed by atoms with van der Waals surface area (Å²) < 4.78 is 21.6. The van der Waals surface area contributed by atoms with Crippen LogP contribution in [0.5, 0.6) is 17.2 Å². The van der Waals surface area contributed by atoms with E-state index in [4.69, 9.17) is 18.9 Å². The topological polar surface area (TPSA) is 86.3 Å². The molecule has 0 atom stereocenters. The molecule has 0 aromatic heterocycles. The number of carbonyl (C=O) groups is 2. The van der Waals surface area contributed by atoms with Crippen molar-refractivity contribution in [3.8, 4) is 17.2 Å². The van der Waals surface area contributed by atoms with Gasteiger partial charge < -0.3 is 29.2 Å². The third-order valence-corrected chi connectivity index (χ3v) is 5.82. The fraction of sp³-hybridized carbons (Fsp3) is 0.259. The maximum atomic E-state index is 13.3. The molecule has 0 unspecified atom stereocenters. The molecule has 8 nitrogen and oxygen atoms in total. The number of rotatable bonds is 8. The lowest BCUT2D eigenvalue weighted by Gasteiger charge is -2.30. The molecule has 8 heteroatoms. The van der Waals surface area contributed by atoms with E-state index in [1.807, 2.05) is 24.3 Å². The van der Waals surface area contributed by atoms with E-state index in [0.29, 0.717) is 65.9 Å². The molecule has 0 spiro atoms. The van der Waals surface area contributed by atoms with Crippen molar-refractivity contribution in [3.05, 3.63) is 77.4 Å². The van der Waals surface area contributed by atoms with Gasteiger partial charge in [0.25, 0.3) is 5.91 Å². The normalized spacial score (nSPS) is 13.2. The second kappa shape index (κ2) is 10.9. The molecule has 182 valence electrons. The number of morpholine rings is 1. The molecule has 4 rings (SSSR count). The first kappa shape index (κ1) is 24.1. The number of anilines is 2. The summed E-state index contributed by atoms with van der Waals surface area (Å²) in [5.74, 6) is 0.651. The van der Waals surface area contributed by atoms with Crippen LogP contribution in [0.3, 0.4) is 0 Å². The lowest BCUT2D eigenvalue weighted by atomic mass is 10.0. The standard InChI is InChI=1S/C27H28N2O6/c1-32-23-16-20(17-24(33-2)26(23)34-3)27(31)28-21-15-19(25(30)18-7-5-4-6-8-18)9-10-22(21)29-11-13-35-14-12-29/h4-10,15-17H,11-14H2,1-3H3,(H,28,31). The summed E-state index contributed by atoms with van der Waals surface area (Å²) in [5.41, 5.74) is 2.74. The predicted molar refractivity (Wildman–Crippen MR) is 133 cm³/mol. The quantitative estimate of drug-likeness (QED) is 0.491. The van der Waals surface area contributed by atoms with Crippen LogP contribution in [-0.2, 0) is 4.74 Å². The second-order valence-corrected chi connectivity index (χ2v) is 7.89. The van der Waals surface area contributed by atoms with Gasteiger partial charge in [-0.2, -0.15) is 0 Å². The van der Waals surface area contributed by atoms with Gasteiger partial charge in [-0.15, -0.1) is 0 Å². The minimum atomic E-state index is -0.372. The van der Waals surface area contributed by atoms with E-state index in [2.05, 4.69) is 10.2 Å². The van der Waals surface area contributed by atoms with Gasteiger partial charge in [0.1, 0.15) is 0 Å². The number of carbonyl (C=O) groups excluding carboxylic acids is 2. The SMILES string of the molecule is COc1cc(C(=O)Nc2cc(C(=O)c3ccccc3)ccc2N2CCOCC2)cc(OC)c1OC. The first-order chi connectivity index (χ1) is 17.0. The third-order valence-electron chi connectivity index (χ3n) is 5.82. The Morgan fingerprint density at radius 2 is 1.46 bits per heavy atom. The van der Waals surface area contributed by atoms with Crippen molar-refractivity contribution in [1.82, 2.24) is 0 Å². The Morgan fingerprint density at radius 3 is 2.06 bits per heavy atom. The minimum Gasteiger partial charge on any atom is -0.493 e. The Hall–Kier alpha value is -4.04. The lowest BCUT2D eigenvalue weighted by Crippen LogP contribution is -2.36. The number of amides is 1. The highest BCUT2D eigenvalue weighted by molar-refractivity contribution is 6.11. The molecule has 1 aliphatic rings. The van der Waals surface area contributed by atoms with Crippen LogP contribution in [0.4, 0.5) is 11.4 Å². The molecule has 1 N–H and O–H groups in total. The van der Waals surface area contributed by atoms with E-state index in [-0.39, 0.29) is 11.7 Å². The van der Waals surface area contributed by atoms with E-state index < -0.39 is 0 Å². The molecule has 35 heavy (non-hydrogen) atoms. The van der Waals surface area contributed by atoms with Crippen LogP contribution in [0.25, 0.3) is 0 Å². The second-order valence-electron chi connectivity index (χ2n) is 7.89. The van der Waals surface area contributed by atoms with Crippen molar-refractivity contribution in [2.45, 2.75) is 0 Å². The first-order valence-corrected chi connectivity index (χ1v) is 11.2. The third kappa shape index (κ3) is 5.22. The maximum Gasteiger partial charge on any atom is 0.255 e. The molecule has 1 fully saturated rings. The van der Waals surface area contributed by atoms with Crippen molar-refractivity contribution in [2.24, 2.45) is 0 Å². The van der Waals surface area contributed by atoms with Gasteiger partial charge in [0.15, 0.2) is 17.3 Å². The Kier molecular flexibility index (Phi) is 7.52. The van der Waals surface area contributed by atoms with Gasteiger partial charge in [-0.25, -0.2) is 0 Å². The smallest absolute Gasteiger partial charge is 0.255 e. The van der Waals surface area contributed by atoms with Crippen LogP contribution in [0.15, 0.2) is 60.7 Å². The van der Waals surface area contributed by atoms with Crippen LogP contribution in [0.2, 0.25) is 0 Å². The number of ether oxygens (including phenoxy) is 4. The number of ketones is 1. The van der Waals surface area contributed by atoms with E-state index in [1.165, 1.54) is 21.3 Å². The summed E-state index contributed by atoms with van der Waals surface area (Å²) in [4.78, 5) is 28.6. The molecule has 0 saturated carbocycles. The fourth-order valence-corrected chi connectivity index (χ4v) is 4.02. The van der Waals surface area contributed by atoms with Gasteiger partial charge in [-0.3, -0.25) is 9.59 Å². The molecule has 1 amide bonds. The summed E-state index contributed by atoms with van der Waals surface area (Å²) in [6, 6.07) is 17.6. The van der Waals surface area contributed by atoms with Crippen LogP contribution in [-0.4, -0.2) is 59.3 Å². The Morgan fingerprint density at radius 1 is 0.800 bits per heavy atom. The van der Waals surface area contributed by atoms with Crippen molar-refractivity contribution >= 4 is 23.1 Å². The Balaban J connectivity index is 1.71. The summed E-state index contributed by atoms with van der Waals surface area (Å²) >= 11 is 0. The molecule has 3 aromatic rings. The van der Waals surface area contributed by atoms with Gasteiger partial charge in [0, 0.05) is 29.8 Å². The molecule has 3 aromatic carbocycles. The summed E-state index contributed by atoms with van der Waals surface area (Å²) in [5, 5.41) is 2.99. The van der Waals surface area contributed by atoms with E-state index in [1.54, 1.807) is 36.4 Å². The molecule has 1 saturated heterocycles. The lowest BCUT2D eigenvalue weighted by molar-refractivity contribution is 0.102. The van der Waals surface area contributed by atoms with Crippen LogP contribution >= 0.6 is 0 Å². The molecular formula is C27H28N2O6. The monoisotopic (exact) mass is 476 g/mol. The van der Waals surface area contributed by atoms with Gasteiger partial charge in [-0.1, -0.05) is 30.3 Å². The van der Waals surface area contributed by atoms with Crippen molar-refractivity contribution in [2.75, 3.05) is 57.8 Å². The molecule has 1 aliphatic heterocycles. The van der Waals surface area contributed by atoms with Crippen molar-refractivity contribution in [1.29, 1.82) is 0 Å². The number of nitrogens with zero attached hydrogens (tertiary/aromatic N) is 1. The molecule has 0 bridgehead atoms. The number of benzene rings is 3. The number of nitrogens with one attached hydrogen (secondary N) is 1. The number of hydrogen-bond donors (Lipinski definition) is 1. The Bertz CT molecular complexity index is 1180. The van der Waals surface area contributed by atoms with Gasteiger partial charge in [-0.05, 0) is 30.3 Å². The molecule has 0 aliphatic carbocycles. The average Bonchev–Trinajstić information content (AvgIpc) is 2.92. The highest BCUT2D eigenvalue weighted by atomic mass is 16.5. The van der Waals surface area contributed by atoms with Crippen LogP contribution in [0, 0.1) is 0 Å². The van der Waals surface area contributed by atoms with E-state index >= 15 is 0 Å². The Labute approximate surface area is 204 Å². The summed E-state index contributed by atoms with van der Waals surface area (Å²) in [7, 11) is 4.49. The molecular weight excluding hydrogens is 448 g/mol. The van der Waals surface area contributed by atoms with E-state index in [9.17, 15) is 9.59 Å².